The molecule has 3 fully saturated rings. The van der Waals surface area contributed by atoms with Gasteiger partial charge in [-0.05, 0) is 74.5 Å². The minimum absolute atomic E-state index is 0.0598. The number of piperidine rings is 1. The first-order valence-corrected chi connectivity index (χ1v) is 10.5. The van der Waals surface area contributed by atoms with Gasteiger partial charge in [-0.25, -0.2) is 0 Å². The number of nitriles is 1. The first kappa shape index (κ1) is 19.0. The normalized spacial score (nSPS) is 33.7. The largest absolute Gasteiger partial charge is 0.326 e. The maximum Gasteiger partial charge on any atom is 0.255 e. The molecule has 2 aliphatic carbocycles. The predicted octanol–water partition coefficient (Wildman–Crippen LogP) is 4.13. The highest BCUT2D eigenvalue weighted by atomic mass is 16.2. The Morgan fingerprint density at radius 1 is 1.18 bits per heavy atom. The Balaban J connectivity index is 1.50. The smallest absolute Gasteiger partial charge is 0.255 e. The lowest BCUT2D eigenvalue weighted by Crippen LogP contribution is -2.38. The van der Waals surface area contributed by atoms with Crippen molar-refractivity contribution >= 4 is 17.5 Å². The zero-order valence-electron chi connectivity index (χ0n) is 16.9. The Hall–Kier alpha value is -2.35. The van der Waals surface area contributed by atoms with Crippen molar-refractivity contribution in [2.24, 2.45) is 23.7 Å². The van der Waals surface area contributed by atoms with Crippen LogP contribution in [0, 0.1) is 41.9 Å². The molecular formula is C23H29N3O2. The number of carbonyl (C=O) groups is 2. The number of nitrogens with zero attached hydrogens (tertiary/aromatic N) is 2. The van der Waals surface area contributed by atoms with E-state index in [-0.39, 0.29) is 29.8 Å². The number of fused-ring (bicyclic) bond motifs is 1. The van der Waals surface area contributed by atoms with Crippen LogP contribution in [0.1, 0.15) is 61.9 Å². The van der Waals surface area contributed by atoms with Crippen molar-refractivity contribution in [1.82, 2.24) is 4.90 Å². The summed E-state index contributed by atoms with van der Waals surface area (Å²) in [6.07, 6.45) is 4.85. The predicted molar refractivity (Wildman–Crippen MR) is 108 cm³/mol. The summed E-state index contributed by atoms with van der Waals surface area (Å²) < 4.78 is 0. The van der Waals surface area contributed by atoms with Gasteiger partial charge in [0.2, 0.25) is 5.91 Å². The average molecular weight is 380 g/mol. The van der Waals surface area contributed by atoms with E-state index in [2.05, 4.69) is 25.2 Å². The van der Waals surface area contributed by atoms with Crippen LogP contribution < -0.4 is 5.32 Å². The maximum absolute atomic E-state index is 13.1. The molecule has 5 nitrogen and oxygen atoms in total. The van der Waals surface area contributed by atoms with Crippen LogP contribution in [0.5, 0.6) is 0 Å². The fraction of sp³-hybridized carbons (Fsp3) is 0.609. The van der Waals surface area contributed by atoms with Crippen LogP contribution in [0.15, 0.2) is 18.2 Å². The van der Waals surface area contributed by atoms with Gasteiger partial charge in [0.25, 0.3) is 5.91 Å². The third kappa shape index (κ3) is 3.30. The molecule has 3 aliphatic rings. The summed E-state index contributed by atoms with van der Waals surface area (Å²) in [5.74, 6) is 1.68. The number of benzene rings is 1. The SMILES string of the molecule is Cc1ccc(C(=O)N2[C@H]3[C@@H](C)[C@H]3C[C@H]2C#N)cc1NC(=O)C1CCC(C)CC1. The molecule has 2 amide bonds. The summed E-state index contributed by atoms with van der Waals surface area (Å²) >= 11 is 0. The molecule has 0 aromatic heterocycles. The van der Waals surface area contributed by atoms with Gasteiger partial charge in [-0.15, -0.1) is 0 Å². The molecule has 148 valence electrons. The average Bonchev–Trinajstić information content (AvgIpc) is 3.14. The Morgan fingerprint density at radius 2 is 1.89 bits per heavy atom. The molecule has 1 N–H and O–H groups in total. The van der Waals surface area contributed by atoms with E-state index in [1.807, 2.05) is 19.1 Å². The number of hydrogen-bond donors (Lipinski definition) is 1. The molecule has 1 aromatic carbocycles. The van der Waals surface area contributed by atoms with Crippen LogP contribution in [0.4, 0.5) is 5.69 Å². The molecular weight excluding hydrogens is 350 g/mol. The Labute approximate surface area is 167 Å². The van der Waals surface area contributed by atoms with Gasteiger partial charge < -0.3 is 10.2 Å². The lowest BCUT2D eigenvalue weighted by atomic mass is 9.82. The van der Waals surface area contributed by atoms with E-state index < -0.39 is 0 Å². The molecule has 5 heteroatoms. The van der Waals surface area contributed by atoms with Crippen LogP contribution in [-0.2, 0) is 4.79 Å². The molecule has 1 aliphatic heterocycles. The third-order valence-electron chi connectivity index (χ3n) is 7.18. The first-order chi connectivity index (χ1) is 13.4. The van der Waals surface area contributed by atoms with Crippen molar-refractivity contribution < 1.29 is 9.59 Å². The molecule has 28 heavy (non-hydrogen) atoms. The fourth-order valence-electron chi connectivity index (χ4n) is 5.10. The van der Waals surface area contributed by atoms with Gasteiger partial charge in [-0.2, -0.15) is 5.26 Å². The molecule has 2 saturated carbocycles. The van der Waals surface area contributed by atoms with Crippen LogP contribution >= 0.6 is 0 Å². The van der Waals surface area contributed by atoms with Crippen molar-refractivity contribution in [3.8, 4) is 6.07 Å². The Morgan fingerprint density at radius 3 is 2.57 bits per heavy atom. The highest BCUT2D eigenvalue weighted by Crippen LogP contribution is 2.53. The fourth-order valence-corrected chi connectivity index (χ4v) is 5.10. The zero-order valence-corrected chi connectivity index (χ0v) is 16.9. The van der Waals surface area contributed by atoms with Crippen molar-refractivity contribution in [3.63, 3.8) is 0 Å². The summed E-state index contributed by atoms with van der Waals surface area (Å²) in [4.78, 5) is 27.6. The van der Waals surface area contributed by atoms with Crippen molar-refractivity contribution in [1.29, 1.82) is 5.26 Å². The van der Waals surface area contributed by atoms with Crippen LogP contribution in [0.2, 0.25) is 0 Å². The number of hydrogen-bond acceptors (Lipinski definition) is 3. The molecule has 0 unspecified atom stereocenters. The van der Waals surface area contributed by atoms with Crippen molar-refractivity contribution in [2.75, 3.05) is 5.32 Å². The number of carbonyl (C=O) groups excluding carboxylic acids is 2. The Kier molecular flexibility index (Phi) is 4.91. The number of amides is 2. The van der Waals surface area contributed by atoms with Gasteiger partial charge in [0.1, 0.15) is 6.04 Å². The lowest BCUT2D eigenvalue weighted by molar-refractivity contribution is -0.121. The summed E-state index contributed by atoms with van der Waals surface area (Å²) in [6, 6.07) is 7.63. The van der Waals surface area contributed by atoms with Crippen LogP contribution in [0.3, 0.4) is 0 Å². The second-order valence-corrected chi connectivity index (χ2v) is 9.08. The van der Waals surface area contributed by atoms with E-state index in [9.17, 15) is 14.9 Å². The van der Waals surface area contributed by atoms with E-state index >= 15 is 0 Å². The molecule has 4 rings (SSSR count). The van der Waals surface area contributed by atoms with Crippen LogP contribution in [0.25, 0.3) is 0 Å². The van der Waals surface area contributed by atoms with Gasteiger partial charge in [0.15, 0.2) is 0 Å². The van der Waals surface area contributed by atoms with E-state index in [1.165, 1.54) is 0 Å². The summed E-state index contributed by atoms with van der Waals surface area (Å²) in [5, 5.41) is 12.5. The number of rotatable bonds is 3. The molecule has 1 saturated heterocycles. The highest BCUT2D eigenvalue weighted by Gasteiger charge is 2.60. The second kappa shape index (κ2) is 7.24. The van der Waals surface area contributed by atoms with E-state index in [1.54, 1.807) is 11.0 Å². The van der Waals surface area contributed by atoms with E-state index in [0.29, 0.717) is 29.0 Å². The van der Waals surface area contributed by atoms with Gasteiger partial charge >= 0.3 is 0 Å². The van der Waals surface area contributed by atoms with Gasteiger partial charge in [-0.1, -0.05) is 19.9 Å². The van der Waals surface area contributed by atoms with Crippen molar-refractivity contribution in [3.05, 3.63) is 29.3 Å². The monoisotopic (exact) mass is 379 g/mol. The molecule has 4 atom stereocenters. The van der Waals surface area contributed by atoms with Gasteiger partial charge in [-0.3, -0.25) is 9.59 Å². The first-order valence-electron chi connectivity index (χ1n) is 10.5. The second-order valence-electron chi connectivity index (χ2n) is 9.08. The maximum atomic E-state index is 13.1. The number of nitrogens with one attached hydrogen (secondary N) is 1. The zero-order chi connectivity index (χ0) is 20.0. The van der Waals surface area contributed by atoms with Gasteiger partial charge in [0, 0.05) is 23.2 Å². The summed E-state index contributed by atoms with van der Waals surface area (Å²) in [5.41, 5.74) is 2.21. The number of anilines is 1. The minimum atomic E-state index is -0.331. The number of aryl methyl sites for hydroxylation is 1. The van der Waals surface area contributed by atoms with Crippen LogP contribution in [-0.4, -0.2) is 28.8 Å². The highest BCUT2D eigenvalue weighted by molar-refractivity contribution is 5.99. The molecule has 0 spiro atoms. The van der Waals surface area contributed by atoms with E-state index in [4.69, 9.17) is 0 Å². The third-order valence-corrected chi connectivity index (χ3v) is 7.18. The summed E-state index contributed by atoms with van der Waals surface area (Å²) in [7, 11) is 0. The molecule has 0 bridgehead atoms. The molecule has 0 radical (unpaired) electrons. The summed E-state index contributed by atoms with van der Waals surface area (Å²) in [6.45, 7) is 6.33. The number of likely N-dealkylation sites (tertiary alicyclic amines) is 1. The topological polar surface area (TPSA) is 73.2 Å². The van der Waals surface area contributed by atoms with E-state index in [0.717, 1.165) is 37.7 Å². The standard InChI is InChI=1S/C23H29N3O2/c1-13-4-7-16(8-5-13)22(27)25-20-10-17(9-6-14(20)2)23(28)26-18(12-24)11-19-15(3)21(19)26/h6,9-10,13,15-16,18-19,21H,4-5,7-8,11H2,1-3H3,(H,25,27)/t13?,15-,16?,18-,19+,21-/m0/s1. The minimum Gasteiger partial charge on any atom is -0.326 e. The van der Waals surface area contributed by atoms with Crippen molar-refractivity contribution in [2.45, 2.75) is 65.0 Å². The Bertz CT molecular complexity index is 835. The molecule has 1 aromatic rings. The lowest BCUT2D eigenvalue weighted by Gasteiger charge is -2.26. The quantitative estimate of drug-likeness (QED) is 0.858. The van der Waals surface area contributed by atoms with Gasteiger partial charge in [0.05, 0.1) is 6.07 Å². The molecule has 1 heterocycles.